The number of ether oxygens (including phenoxy) is 2. The van der Waals surface area contributed by atoms with Gasteiger partial charge in [-0.2, -0.15) is 17.6 Å². The lowest BCUT2D eigenvalue weighted by molar-refractivity contribution is -0.190. The van der Waals surface area contributed by atoms with Crippen LogP contribution in [0.15, 0.2) is 48.5 Å². The van der Waals surface area contributed by atoms with E-state index in [0.29, 0.717) is 49.9 Å². The number of rotatable bonds is 11. The first-order chi connectivity index (χ1) is 24.4. The first-order valence-electron chi connectivity index (χ1n) is 14.8. The van der Waals surface area contributed by atoms with Crippen molar-refractivity contribution in [1.29, 1.82) is 0 Å². The Balaban J connectivity index is 1.24. The molecule has 0 bridgehead atoms. The Kier molecular flexibility index (Phi) is 12.4. The highest BCUT2D eigenvalue weighted by Crippen LogP contribution is 2.37. The van der Waals surface area contributed by atoms with Crippen molar-refractivity contribution in [3.05, 3.63) is 129 Å². The molecule has 0 radical (unpaired) electrons. The number of hydrogen-bond donors (Lipinski definition) is 0. The molecule has 0 aliphatic rings. The first-order valence-corrected chi connectivity index (χ1v) is 14.8. The van der Waals surface area contributed by atoms with E-state index < -0.39 is 93.0 Å². The monoisotopic (exact) mass is 750 g/mol. The van der Waals surface area contributed by atoms with Gasteiger partial charge in [0.1, 0.15) is 45.9 Å². The molecule has 0 N–H and O–H groups in total. The van der Waals surface area contributed by atoms with Crippen molar-refractivity contribution >= 4 is 0 Å². The van der Waals surface area contributed by atoms with Crippen molar-refractivity contribution in [1.82, 2.24) is 0 Å². The van der Waals surface area contributed by atoms with Gasteiger partial charge < -0.3 is 9.47 Å². The molecule has 0 unspecified atom stereocenters. The third-order valence-corrected chi connectivity index (χ3v) is 6.89. The summed E-state index contributed by atoms with van der Waals surface area (Å²) in [4.78, 5) is 0. The minimum absolute atomic E-state index is 0.0738. The summed E-state index contributed by atoms with van der Waals surface area (Å²) in [6.45, 7) is 0. The van der Waals surface area contributed by atoms with Crippen molar-refractivity contribution in [2.24, 2.45) is 0 Å². The summed E-state index contributed by atoms with van der Waals surface area (Å²) in [6.07, 6.45) is -6.89. The number of unbranched alkanes of at least 4 members (excludes halogenated alkanes) is 5. The highest BCUT2D eigenvalue weighted by Gasteiger charge is 2.42. The summed E-state index contributed by atoms with van der Waals surface area (Å²) in [7, 11) is 0. The SMILES string of the molecule is Fc1cc(OC(F)(F)c2c(F)cc(C#CCCCCCCC#Cc3cc(F)c(C(F)(F)Oc4cc(F)c(F)c(F)c4)c(F)c3)cc2F)cc(F)c1F. The van der Waals surface area contributed by atoms with Crippen LogP contribution in [0.3, 0.4) is 0 Å². The molecule has 0 aromatic heterocycles. The highest BCUT2D eigenvalue weighted by molar-refractivity contribution is 5.41. The van der Waals surface area contributed by atoms with Crippen LogP contribution in [0.2, 0.25) is 0 Å². The molecule has 4 aromatic rings. The molecule has 0 amide bonds. The molecule has 0 saturated carbocycles. The average Bonchev–Trinajstić information content (AvgIpc) is 3.02. The van der Waals surface area contributed by atoms with Crippen LogP contribution in [0.5, 0.6) is 11.5 Å². The smallest absolute Gasteiger partial charge is 0.429 e. The second-order valence-electron chi connectivity index (χ2n) is 10.8. The van der Waals surface area contributed by atoms with Crippen LogP contribution < -0.4 is 9.47 Å². The second kappa shape index (κ2) is 16.3. The highest BCUT2D eigenvalue weighted by atomic mass is 19.3. The molecule has 2 nitrogen and oxygen atoms in total. The van der Waals surface area contributed by atoms with Gasteiger partial charge in [-0.3, -0.25) is 0 Å². The number of benzene rings is 4. The molecule has 0 fully saturated rings. The Morgan fingerprint density at radius 3 is 0.981 bits per heavy atom. The minimum atomic E-state index is -4.74. The molecule has 0 atom stereocenters. The standard InChI is InChI=1S/C36H20F14O2/c37-23-11-19(12-24(38)31(23)35(47,48)51-21-15-27(41)33(45)28(42)16-21)9-7-5-3-1-2-4-6-8-10-20-13-25(39)32(26(40)14-20)36(49,50)52-22-17-29(43)34(46)30(44)18-22/h11-18H,1-6H2. The maximum atomic E-state index is 14.5. The van der Waals surface area contributed by atoms with E-state index in [9.17, 15) is 61.5 Å². The van der Waals surface area contributed by atoms with E-state index in [-0.39, 0.29) is 48.2 Å². The van der Waals surface area contributed by atoms with E-state index in [4.69, 9.17) is 0 Å². The zero-order valence-corrected chi connectivity index (χ0v) is 26.0. The van der Waals surface area contributed by atoms with Gasteiger partial charge in [-0.25, -0.2) is 43.9 Å². The molecule has 52 heavy (non-hydrogen) atoms. The van der Waals surface area contributed by atoms with Crippen molar-refractivity contribution in [2.75, 3.05) is 0 Å². The van der Waals surface area contributed by atoms with Crippen LogP contribution in [-0.4, -0.2) is 0 Å². The van der Waals surface area contributed by atoms with Gasteiger partial charge in [-0.1, -0.05) is 36.5 Å². The van der Waals surface area contributed by atoms with Crippen LogP contribution >= 0.6 is 0 Å². The molecule has 0 aliphatic carbocycles. The molecule has 4 rings (SSSR count). The van der Waals surface area contributed by atoms with Gasteiger partial charge in [0.15, 0.2) is 34.9 Å². The third-order valence-electron chi connectivity index (χ3n) is 6.89. The van der Waals surface area contributed by atoms with Crippen LogP contribution in [-0.2, 0) is 12.2 Å². The van der Waals surface area contributed by atoms with Crippen molar-refractivity contribution in [3.8, 4) is 35.2 Å². The summed E-state index contributed by atoms with van der Waals surface area (Å²) in [5.41, 5.74) is -4.35. The fourth-order valence-electron chi connectivity index (χ4n) is 4.54. The summed E-state index contributed by atoms with van der Waals surface area (Å²) in [6, 6.07) is 2.28. The predicted octanol–water partition coefficient (Wildman–Crippen LogP) is 11.1. The fraction of sp³-hybridized carbons (Fsp3) is 0.222. The van der Waals surface area contributed by atoms with Crippen LogP contribution in [0.4, 0.5) is 61.5 Å². The van der Waals surface area contributed by atoms with E-state index in [0.717, 1.165) is 0 Å². The second-order valence-corrected chi connectivity index (χ2v) is 10.8. The summed E-state index contributed by atoms with van der Waals surface area (Å²) < 4.78 is 203. The van der Waals surface area contributed by atoms with E-state index in [1.165, 1.54) is 0 Å². The predicted molar refractivity (Wildman–Crippen MR) is 156 cm³/mol. The van der Waals surface area contributed by atoms with Crippen molar-refractivity contribution < 1.29 is 70.9 Å². The molecule has 0 saturated heterocycles. The molecular formula is C36H20F14O2. The van der Waals surface area contributed by atoms with Crippen LogP contribution in [0.1, 0.15) is 60.8 Å². The summed E-state index contributed by atoms with van der Waals surface area (Å²) >= 11 is 0. The zero-order chi connectivity index (χ0) is 38.4. The molecular weight excluding hydrogens is 730 g/mol. The van der Waals surface area contributed by atoms with E-state index in [1.807, 2.05) is 0 Å². The normalized spacial score (nSPS) is 11.4. The lowest BCUT2D eigenvalue weighted by atomic mass is 10.1. The fourth-order valence-corrected chi connectivity index (χ4v) is 4.54. The Bertz CT molecular complexity index is 1850. The molecule has 0 aliphatic heterocycles. The Hall–Kier alpha value is -5.38. The lowest BCUT2D eigenvalue weighted by Gasteiger charge is -2.19. The maximum absolute atomic E-state index is 14.5. The van der Waals surface area contributed by atoms with E-state index in [2.05, 4.69) is 33.2 Å². The Labute approximate surface area is 286 Å². The minimum Gasteiger partial charge on any atom is -0.429 e. The Morgan fingerprint density at radius 2 is 0.692 bits per heavy atom. The van der Waals surface area contributed by atoms with E-state index >= 15 is 0 Å². The number of halogens is 14. The molecule has 0 heterocycles. The van der Waals surface area contributed by atoms with Gasteiger partial charge in [0.25, 0.3) is 0 Å². The van der Waals surface area contributed by atoms with Crippen LogP contribution in [0.25, 0.3) is 0 Å². The number of hydrogen-bond acceptors (Lipinski definition) is 2. The average molecular weight is 751 g/mol. The maximum Gasteiger partial charge on any atom is 0.432 e. The van der Waals surface area contributed by atoms with E-state index in [1.54, 1.807) is 0 Å². The van der Waals surface area contributed by atoms with Crippen molar-refractivity contribution in [3.63, 3.8) is 0 Å². The first kappa shape index (κ1) is 39.4. The molecule has 4 aromatic carbocycles. The summed E-state index contributed by atoms with van der Waals surface area (Å²) in [5, 5.41) is 0. The van der Waals surface area contributed by atoms with Gasteiger partial charge in [-0.05, 0) is 37.1 Å². The molecule has 16 heteroatoms. The third kappa shape index (κ3) is 9.69. The van der Waals surface area contributed by atoms with Gasteiger partial charge in [0.05, 0.1) is 0 Å². The quantitative estimate of drug-likeness (QED) is 0.0658. The van der Waals surface area contributed by atoms with Gasteiger partial charge in [0, 0.05) is 48.2 Å². The van der Waals surface area contributed by atoms with Gasteiger partial charge >= 0.3 is 12.2 Å². The summed E-state index contributed by atoms with van der Waals surface area (Å²) in [5.74, 6) is -10.9. The van der Waals surface area contributed by atoms with Crippen LogP contribution in [0, 0.1) is 81.9 Å². The Morgan fingerprint density at radius 1 is 0.404 bits per heavy atom. The molecule has 274 valence electrons. The topological polar surface area (TPSA) is 18.5 Å². The van der Waals surface area contributed by atoms with Gasteiger partial charge in [-0.15, -0.1) is 0 Å². The number of alkyl halides is 4. The zero-order valence-electron chi connectivity index (χ0n) is 26.0. The lowest BCUT2D eigenvalue weighted by Crippen LogP contribution is -2.25. The van der Waals surface area contributed by atoms with Crippen molar-refractivity contribution in [2.45, 2.75) is 50.7 Å². The largest absolute Gasteiger partial charge is 0.432 e. The molecule has 0 spiro atoms. The van der Waals surface area contributed by atoms with Gasteiger partial charge in [0.2, 0.25) is 0 Å².